The predicted octanol–water partition coefficient (Wildman–Crippen LogP) is 3.23. The lowest BCUT2D eigenvalue weighted by Gasteiger charge is -2.41. The Labute approximate surface area is 110 Å². The van der Waals surface area contributed by atoms with Gasteiger partial charge in [-0.3, -0.25) is 0 Å². The number of benzene rings is 1. The average Bonchev–Trinajstić information content (AvgIpc) is 2.74. The van der Waals surface area contributed by atoms with Gasteiger partial charge in [0.2, 0.25) is 0 Å². The second-order valence-corrected chi connectivity index (χ2v) is 6.40. The first kappa shape index (κ1) is 12.0. The Hall–Kier alpha value is -1.02. The summed E-state index contributed by atoms with van der Waals surface area (Å²) < 4.78 is 5.84. The van der Waals surface area contributed by atoms with Gasteiger partial charge in [-0.25, -0.2) is 0 Å². The van der Waals surface area contributed by atoms with E-state index in [9.17, 15) is 0 Å². The lowest BCUT2D eigenvalue weighted by Crippen LogP contribution is -2.43. The third kappa shape index (κ3) is 1.93. The molecule has 1 aliphatic heterocycles. The number of ether oxygens (including phenoxy) is 1. The first-order chi connectivity index (χ1) is 8.58. The van der Waals surface area contributed by atoms with Crippen LogP contribution in [0, 0.1) is 11.8 Å². The van der Waals surface area contributed by atoms with Gasteiger partial charge >= 0.3 is 0 Å². The average molecular weight is 245 g/mol. The molecule has 1 aliphatic carbocycles. The molecule has 0 aromatic heterocycles. The van der Waals surface area contributed by atoms with Crippen LogP contribution in [-0.4, -0.2) is 6.61 Å². The third-order valence-electron chi connectivity index (χ3n) is 4.48. The molecular formula is C16H23NO. The van der Waals surface area contributed by atoms with Gasteiger partial charge < -0.3 is 10.5 Å². The van der Waals surface area contributed by atoms with Crippen molar-refractivity contribution in [1.29, 1.82) is 0 Å². The molecule has 1 aromatic carbocycles. The van der Waals surface area contributed by atoms with E-state index in [-0.39, 0.29) is 5.54 Å². The fourth-order valence-electron chi connectivity index (χ4n) is 4.01. The minimum absolute atomic E-state index is 0.188. The summed E-state index contributed by atoms with van der Waals surface area (Å²) >= 11 is 0. The minimum atomic E-state index is -0.188. The lowest BCUT2D eigenvalue weighted by atomic mass is 9.69. The SMILES string of the molecule is CC1CC(C)CC(N)(c2cccc3c2OCC3)C1. The molecule has 2 nitrogen and oxygen atoms in total. The molecule has 2 unspecified atom stereocenters. The summed E-state index contributed by atoms with van der Waals surface area (Å²) in [5, 5.41) is 0. The van der Waals surface area contributed by atoms with Gasteiger partial charge in [-0.1, -0.05) is 32.0 Å². The number of hydrogen-bond donors (Lipinski definition) is 1. The van der Waals surface area contributed by atoms with Gasteiger partial charge in [-0.05, 0) is 36.7 Å². The second-order valence-electron chi connectivity index (χ2n) is 6.40. The molecule has 0 bridgehead atoms. The van der Waals surface area contributed by atoms with E-state index in [1.54, 1.807) is 0 Å². The molecule has 1 fully saturated rings. The standard InChI is InChI=1S/C16H23NO/c1-11-8-12(2)10-16(17,9-11)14-5-3-4-13-6-7-18-15(13)14/h3-5,11-12H,6-10,17H2,1-2H3. The fraction of sp³-hybridized carbons (Fsp3) is 0.625. The molecule has 1 aromatic rings. The highest BCUT2D eigenvalue weighted by Crippen LogP contribution is 2.45. The maximum Gasteiger partial charge on any atom is 0.127 e. The molecule has 1 heterocycles. The molecule has 2 aliphatic rings. The molecule has 2 N–H and O–H groups in total. The van der Waals surface area contributed by atoms with Crippen molar-refractivity contribution in [3.63, 3.8) is 0 Å². The number of fused-ring (bicyclic) bond motifs is 1. The molecule has 0 saturated heterocycles. The van der Waals surface area contributed by atoms with Gasteiger partial charge in [0, 0.05) is 17.5 Å². The highest BCUT2D eigenvalue weighted by atomic mass is 16.5. The van der Waals surface area contributed by atoms with Gasteiger partial charge in [0.05, 0.1) is 6.61 Å². The zero-order chi connectivity index (χ0) is 12.8. The zero-order valence-electron chi connectivity index (χ0n) is 11.4. The van der Waals surface area contributed by atoms with E-state index in [4.69, 9.17) is 10.5 Å². The number of rotatable bonds is 1. The maximum atomic E-state index is 6.75. The van der Waals surface area contributed by atoms with Gasteiger partial charge in [0.1, 0.15) is 5.75 Å². The second kappa shape index (κ2) is 4.27. The first-order valence-corrected chi connectivity index (χ1v) is 7.12. The third-order valence-corrected chi connectivity index (χ3v) is 4.48. The van der Waals surface area contributed by atoms with Crippen molar-refractivity contribution in [2.75, 3.05) is 6.61 Å². The van der Waals surface area contributed by atoms with E-state index >= 15 is 0 Å². The van der Waals surface area contributed by atoms with E-state index in [0.29, 0.717) is 11.8 Å². The zero-order valence-corrected chi connectivity index (χ0v) is 11.4. The topological polar surface area (TPSA) is 35.2 Å². The number of para-hydroxylation sites is 1. The minimum Gasteiger partial charge on any atom is -0.493 e. The van der Waals surface area contributed by atoms with Gasteiger partial charge in [-0.2, -0.15) is 0 Å². The smallest absolute Gasteiger partial charge is 0.127 e. The van der Waals surface area contributed by atoms with Crippen LogP contribution in [-0.2, 0) is 12.0 Å². The molecular weight excluding hydrogens is 222 g/mol. The first-order valence-electron chi connectivity index (χ1n) is 7.12. The molecule has 18 heavy (non-hydrogen) atoms. The monoisotopic (exact) mass is 245 g/mol. The van der Waals surface area contributed by atoms with Crippen LogP contribution >= 0.6 is 0 Å². The Balaban J connectivity index is 2.01. The molecule has 0 spiro atoms. The van der Waals surface area contributed by atoms with E-state index in [1.165, 1.54) is 17.5 Å². The molecule has 0 amide bonds. The Morgan fingerprint density at radius 3 is 2.67 bits per heavy atom. The summed E-state index contributed by atoms with van der Waals surface area (Å²) in [5.41, 5.74) is 9.15. The Morgan fingerprint density at radius 1 is 1.22 bits per heavy atom. The van der Waals surface area contributed by atoms with Crippen molar-refractivity contribution in [1.82, 2.24) is 0 Å². The van der Waals surface area contributed by atoms with Crippen molar-refractivity contribution in [2.45, 2.75) is 45.1 Å². The van der Waals surface area contributed by atoms with Crippen molar-refractivity contribution >= 4 is 0 Å². The van der Waals surface area contributed by atoms with Gasteiger partial charge in [0.15, 0.2) is 0 Å². The highest BCUT2D eigenvalue weighted by molar-refractivity contribution is 5.47. The highest BCUT2D eigenvalue weighted by Gasteiger charge is 2.38. The Morgan fingerprint density at radius 2 is 1.94 bits per heavy atom. The van der Waals surface area contributed by atoms with Gasteiger partial charge in [0.25, 0.3) is 0 Å². The maximum absolute atomic E-state index is 6.75. The van der Waals surface area contributed by atoms with E-state index < -0.39 is 0 Å². The fourth-order valence-corrected chi connectivity index (χ4v) is 4.01. The molecule has 0 radical (unpaired) electrons. The Bertz CT molecular complexity index is 444. The van der Waals surface area contributed by atoms with E-state index in [1.807, 2.05) is 0 Å². The summed E-state index contributed by atoms with van der Waals surface area (Å²) in [5.74, 6) is 2.49. The van der Waals surface area contributed by atoms with Crippen LogP contribution in [0.3, 0.4) is 0 Å². The Kier molecular flexibility index (Phi) is 2.86. The number of nitrogens with two attached hydrogens (primary N) is 1. The van der Waals surface area contributed by atoms with Crippen LogP contribution in [0.2, 0.25) is 0 Å². The summed E-state index contributed by atoms with van der Waals surface area (Å²) in [7, 11) is 0. The summed E-state index contributed by atoms with van der Waals surface area (Å²) in [6.45, 7) is 5.45. The molecule has 3 rings (SSSR count). The van der Waals surface area contributed by atoms with Crippen molar-refractivity contribution in [2.24, 2.45) is 17.6 Å². The molecule has 2 heteroatoms. The lowest BCUT2D eigenvalue weighted by molar-refractivity contribution is 0.179. The van der Waals surface area contributed by atoms with Crippen LogP contribution in [0.4, 0.5) is 0 Å². The van der Waals surface area contributed by atoms with E-state index in [2.05, 4.69) is 32.0 Å². The van der Waals surface area contributed by atoms with Crippen LogP contribution < -0.4 is 10.5 Å². The summed E-state index contributed by atoms with van der Waals surface area (Å²) in [6.07, 6.45) is 4.49. The normalized spacial score (nSPS) is 35.1. The van der Waals surface area contributed by atoms with E-state index in [0.717, 1.165) is 31.6 Å². The summed E-state index contributed by atoms with van der Waals surface area (Å²) in [6, 6.07) is 6.49. The van der Waals surface area contributed by atoms with Crippen LogP contribution in [0.15, 0.2) is 18.2 Å². The summed E-state index contributed by atoms with van der Waals surface area (Å²) in [4.78, 5) is 0. The molecule has 2 atom stereocenters. The predicted molar refractivity (Wildman–Crippen MR) is 73.7 cm³/mol. The molecule has 1 saturated carbocycles. The number of hydrogen-bond acceptors (Lipinski definition) is 2. The largest absolute Gasteiger partial charge is 0.493 e. The van der Waals surface area contributed by atoms with Crippen molar-refractivity contribution in [3.8, 4) is 5.75 Å². The quantitative estimate of drug-likeness (QED) is 0.824. The van der Waals surface area contributed by atoms with Gasteiger partial charge in [-0.15, -0.1) is 0 Å². The van der Waals surface area contributed by atoms with Crippen molar-refractivity contribution < 1.29 is 4.74 Å². The van der Waals surface area contributed by atoms with Crippen LogP contribution in [0.1, 0.15) is 44.2 Å². The van der Waals surface area contributed by atoms with Crippen LogP contribution in [0.5, 0.6) is 5.75 Å². The van der Waals surface area contributed by atoms with Crippen molar-refractivity contribution in [3.05, 3.63) is 29.3 Å². The molecule has 98 valence electrons. The van der Waals surface area contributed by atoms with Crippen LogP contribution in [0.25, 0.3) is 0 Å².